The van der Waals surface area contributed by atoms with Crippen LogP contribution < -0.4 is 10.5 Å². The molecule has 106 valence electrons. The van der Waals surface area contributed by atoms with E-state index in [-0.39, 0.29) is 6.04 Å². The topological polar surface area (TPSA) is 35.2 Å². The predicted molar refractivity (Wildman–Crippen MR) is 84.9 cm³/mol. The summed E-state index contributed by atoms with van der Waals surface area (Å²) in [6, 6.07) is 13.2. The Morgan fingerprint density at radius 3 is 2.55 bits per heavy atom. The lowest BCUT2D eigenvalue weighted by atomic mass is 10.0. The van der Waals surface area contributed by atoms with Crippen LogP contribution in [-0.4, -0.2) is 6.04 Å². The quantitative estimate of drug-likeness (QED) is 0.837. The summed E-state index contributed by atoms with van der Waals surface area (Å²) >= 11 is 12.0. The monoisotopic (exact) mass is 309 g/mol. The first-order chi connectivity index (χ1) is 9.60. The molecule has 0 spiro atoms. The van der Waals surface area contributed by atoms with E-state index in [2.05, 4.69) is 6.92 Å². The molecule has 2 nitrogen and oxygen atoms in total. The first-order valence-electron chi connectivity index (χ1n) is 6.56. The third kappa shape index (κ3) is 3.89. The largest absolute Gasteiger partial charge is 0.456 e. The molecule has 2 aromatic carbocycles. The molecule has 0 fully saturated rings. The Morgan fingerprint density at radius 2 is 1.85 bits per heavy atom. The number of benzene rings is 2. The van der Waals surface area contributed by atoms with E-state index in [0.29, 0.717) is 15.8 Å². The second-order valence-electron chi connectivity index (χ2n) is 4.66. The molecular weight excluding hydrogens is 293 g/mol. The highest BCUT2D eigenvalue weighted by Gasteiger charge is 2.10. The van der Waals surface area contributed by atoms with Crippen molar-refractivity contribution in [2.75, 3.05) is 0 Å². The van der Waals surface area contributed by atoms with Crippen molar-refractivity contribution in [3.05, 3.63) is 58.1 Å². The fourth-order valence-corrected chi connectivity index (χ4v) is 2.32. The zero-order valence-electron chi connectivity index (χ0n) is 11.3. The summed E-state index contributed by atoms with van der Waals surface area (Å²) in [5.74, 6) is 1.37. The van der Waals surface area contributed by atoms with Crippen LogP contribution in [0.5, 0.6) is 11.5 Å². The van der Waals surface area contributed by atoms with Crippen LogP contribution in [0.15, 0.2) is 42.5 Å². The van der Waals surface area contributed by atoms with Crippen molar-refractivity contribution < 1.29 is 4.74 Å². The molecule has 2 aromatic rings. The number of rotatable bonds is 5. The molecule has 1 unspecified atom stereocenters. The van der Waals surface area contributed by atoms with E-state index in [0.717, 1.165) is 24.2 Å². The first-order valence-corrected chi connectivity index (χ1v) is 7.32. The Bertz CT molecular complexity index is 586. The summed E-state index contributed by atoms with van der Waals surface area (Å²) in [5, 5.41) is 1.08. The van der Waals surface area contributed by atoms with Gasteiger partial charge < -0.3 is 10.5 Å². The molecule has 0 saturated carbocycles. The zero-order chi connectivity index (χ0) is 14.5. The van der Waals surface area contributed by atoms with Gasteiger partial charge in [0.1, 0.15) is 11.5 Å². The minimum absolute atomic E-state index is 0.125. The first kappa shape index (κ1) is 15.2. The molecule has 2 rings (SSSR count). The van der Waals surface area contributed by atoms with E-state index < -0.39 is 0 Å². The van der Waals surface area contributed by atoms with E-state index in [1.165, 1.54) is 0 Å². The van der Waals surface area contributed by atoms with Gasteiger partial charge in [-0.2, -0.15) is 0 Å². The Balaban J connectivity index is 2.24. The fourth-order valence-electron chi connectivity index (χ4n) is 1.88. The summed E-state index contributed by atoms with van der Waals surface area (Å²) < 4.78 is 5.89. The third-order valence-corrected chi connectivity index (χ3v) is 3.62. The SMILES string of the molecule is CCC(N)Cc1ccccc1Oc1ccc(Cl)cc1Cl. The molecule has 0 radical (unpaired) electrons. The number of ether oxygens (including phenoxy) is 1. The summed E-state index contributed by atoms with van der Waals surface area (Å²) in [7, 11) is 0. The molecule has 0 aliphatic rings. The standard InChI is InChI=1S/C16H17Cl2NO/c1-2-13(19)9-11-5-3-4-6-15(11)20-16-8-7-12(17)10-14(16)18/h3-8,10,13H,2,9,19H2,1H3. The number of halogens is 2. The maximum absolute atomic E-state index is 6.13. The highest BCUT2D eigenvalue weighted by molar-refractivity contribution is 6.35. The zero-order valence-corrected chi connectivity index (χ0v) is 12.8. The van der Waals surface area contributed by atoms with Crippen molar-refractivity contribution in [2.45, 2.75) is 25.8 Å². The van der Waals surface area contributed by atoms with Gasteiger partial charge in [-0.3, -0.25) is 0 Å². The average Bonchev–Trinajstić information content (AvgIpc) is 2.43. The van der Waals surface area contributed by atoms with E-state index in [1.54, 1.807) is 18.2 Å². The molecule has 0 bridgehead atoms. The molecule has 4 heteroatoms. The number of hydrogen-bond donors (Lipinski definition) is 1. The maximum atomic E-state index is 6.13. The highest BCUT2D eigenvalue weighted by atomic mass is 35.5. The van der Waals surface area contributed by atoms with Crippen molar-refractivity contribution in [1.29, 1.82) is 0 Å². The van der Waals surface area contributed by atoms with Crippen LogP contribution in [0.3, 0.4) is 0 Å². The lowest BCUT2D eigenvalue weighted by Gasteiger charge is -2.14. The molecular formula is C16H17Cl2NO. The minimum Gasteiger partial charge on any atom is -0.456 e. The second kappa shape index (κ2) is 6.98. The molecule has 0 aromatic heterocycles. The van der Waals surface area contributed by atoms with E-state index >= 15 is 0 Å². The van der Waals surface area contributed by atoms with Gasteiger partial charge in [-0.25, -0.2) is 0 Å². The third-order valence-electron chi connectivity index (χ3n) is 3.09. The second-order valence-corrected chi connectivity index (χ2v) is 5.50. The molecule has 0 aliphatic carbocycles. The van der Waals surface area contributed by atoms with Crippen molar-refractivity contribution in [3.8, 4) is 11.5 Å². The Kier molecular flexibility index (Phi) is 5.30. The van der Waals surface area contributed by atoms with Crippen LogP contribution in [0, 0.1) is 0 Å². The highest BCUT2D eigenvalue weighted by Crippen LogP contribution is 2.33. The molecule has 20 heavy (non-hydrogen) atoms. The van der Waals surface area contributed by atoms with E-state index in [4.69, 9.17) is 33.7 Å². The summed E-state index contributed by atoms with van der Waals surface area (Å²) in [4.78, 5) is 0. The van der Waals surface area contributed by atoms with Crippen LogP contribution >= 0.6 is 23.2 Å². The molecule has 0 amide bonds. The summed E-state index contributed by atoms with van der Waals surface area (Å²) in [5.41, 5.74) is 7.09. The van der Waals surface area contributed by atoms with Crippen molar-refractivity contribution >= 4 is 23.2 Å². The van der Waals surface area contributed by atoms with Gasteiger partial charge in [-0.15, -0.1) is 0 Å². The molecule has 0 heterocycles. The Hall–Kier alpha value is -1.22. The van der Waals surface area contributed by atoms with Gasteiger partial charge in [0, 0.05) is 11.1 Å². The lowest BCUT2D eigenvalue weighted by molar-refractivity contribution is 0.472. The number of nitrogens with two attached hydrogens (primary N) is 1. The fraction of sp³-hybridized carbons (Fsp3) is 0.250. The van der Waals surface area contributed by atoms with Gasteiger partial charge in [-0.05, 0) is 42.7 Å². The van der Waals surface area contributed by atoms with Crippen molar-refractivity contribution in [2.24, 2.45) is 5.73 Å². The Labute approximate surface area is 129 Å². The van der Waals surface area contributed by atoms with Gasteiger partial charge in [-0.1, -0.05) is 48.3 Å². The van der Waals surface area contributed by atoms with Gasteiger partial charge >= 0.3 is 0 Å². The van der Waals surface area contributed by atoms with Gasteiger partial charge in [0.2, 0.25) is 0 Å². The summed E-state index contributed by atoms with van der Waals surface area (Å²) in [6.07, 6.45) is 1.70. The van der Waals surface area contributed by atoms with Gasteiger partial charge in [0.25, 0.3) is 0 Å². The van der Waals surface area contributed by atoms with Crippen LogP contribution in [0.25, 0.3) is 0 Å². The van der Waals surface area contributed by atoms with Crippen molar-refractivity contribution in [1.82, 2.24) is 0 Å². The summed E-state index contributed by atoms with van der Waals surface area (Å²) in [6.45, 7) is 2.07. The minimum atomic E-state index is 0.125. The predicted octanol–water partition coefficient (Wildman–Crippen LogP) is 5.07. The van der Waals surface area contributed by atoms with Crippen LogP contribution in [0.1, 0.15) is 18.9 Å². The van der Waals surface area contributed by atoms with Gasteiger partial charge in [0.15, 0.2) is 0 Å². The molecule has 0 saturated heterocycles. The Morgan fingerprint density at radius 1 is 1.10 bits per heavy atom. The van der Waals surface area contributed by atoms with E-state index in [1.807, 2.05) is 24.3 Å². The molecule has 1 atom stereocenters. The van der Waals surface area contributed by atoms with Crippen molar-refractivity contribution in [3.63, 3.8) is 0 Å². The molecule has 0 aliphatic heterocycles. The smallest absolute Gasteiger partial charge is 0.146 e. The molecule has 2 N–H and O–H groups in total. The van der Waals surface area contributed by atoms with Gasteiger partial charge in [0.05, 0.1) is 5.02 Å². The number of para-hydroxylation sites is 1. The van der Waals surface area contributed by atoms with Crippen LogP contribution in [0.2, 0.25) is 10.0 Å². The normalized spacial score (nSPS) is 12.2. The lowest BCUT2D eigenvalue weighted by Crippen LogP contribution is -2.21. The average molecular weight is 310 g/mol. The number of hydrogen-bond acceptors (Lipinski definition) is 2. The van der Waals surface area contributed by atoms with E-state index in [9.17, 15) is 0 Å². The maximum Gasteiger partial charge on any atom is 0.146 e. The van der Waals surface area contributed by atoms with Crippen LogP contribution in [0.4, 0.5) is 0 Å². The van der Waals surface area contributed by atoms with Crippen LogP contribution in [-0.2, 0) is 6.42 Å².